The second kappa shape index (κ2) is 18.7. The molecule has 0 unspecified atom stereocenters. The monoisotopic (exact) mass is 1050 g/mol. The van der Waals surface area contributed by atoms with Crippen molar-refractivity contribution in [1.82, 2.24) is 14.5 Å². The molecule has 3 heterocycles. The van der Waals surface area contributed by atoms with Gasteiger partial charge in [0.1, 0.15) is 5.58 Å². The Kier molecular flexibility index (Phi) is 11.9. The maximum absolute atomic E-state index is 12.7. The molecule has 65 heavy (non-hydrogen) atoms. The Morgan fingerprint density at radius 1 is 0.692 bits per heavy atom. The van der Waals surface area contributed by atoms with Crippen molar-refractivity contribution in [2.24, 2.45) is 0 Å². The summed E-state index contributed by atoms with van der Waals surface area (Å²) in [6.07, 6.45) is 1.31. The topological polar surface area (TPSA) is 43.9 Å². The summed E-state index contributed by atoms with van der Waals surface area (Å²) >= 11 is 0. The Morgan fingerprint density at radius 2 is 1.37 bits per heavy atom. The van der Waals surface area contributed by atoms with Gasteiger partial charge in [-0.1, -0.05) is 154 Å². The molecular weight excluding hydrogens is 994 g/mol. The molecule has 0 atom stereocenters. The van der Waals surface area contributed by atoms with Crippen LogP contribution in [0, 0.1) is 24.8 Å². The Labute approximate surface area is 400 Å². The minimum absolute atomic E-state index is 0. The van der Waals surface area contributed by atoms with Gasteiger partial charge in [0.05, 0.1) is 30.5 Å². The van der Waals surface area contributed by atoms with Crippen LogP contribution >= 0.6 is 0 Å². The van der Waals surface area contributed by atoms with Gasteiger partial charge in [0.2, 0.25) is 0 Å². The fourth-order valence-corrected chi connectivity index (χ4v) is 9.53. The summed E-state index contributed by atoms with van der Waals surface area (Å²) in [6.45, 7) is 14.2. The van der Waals surface area contributed by atoms with Crippen LogP contribution in [0.15, 0.2) is 162 Å². The first-order valence-corrected chi connectivity index (χ1v) is 25.4. The van der Waals surface area contributed by atoms with Gasteiger partial charge in [0, 0.05) is 47.3 Å². The van der Waals surface area contributed by atoms with Crippen molar-refractivity contribution in [1.29, 1.82) is 0 Å². The van der Waals surface area contributed by atoms with Crippen molar-refractivity contribution < 1.29 is 33.0 Å². The van der Waals surface area contributed by atoms with Crippen LogP contribution < -0.4 is 5.19 Å². The van der Waals surface area contributed by atoms with E-state index in [1.807, 2.05) is 6.07 Å². The predicted molar refractivity (Wildman–Crippen MR) is 268 cm³/mol. The molecule has 3 aromatic heterocycles. The third-order valence-corrected chi connectivity index (χ3v) is 13.9. The molecule has 0 aliphatic carbocycles. The molecule has 10 aromatic rings. The molecule has 0 aliphatic rings. The van der Waals surface area contributed by atoms with Crippen LogP contribution in [-0.4, -0.2) is 22.6 Å². The number of aryl methyl sites for hydroxylation is 1. The number of benzene rings is 7. The third-order valence-electron chi connectivity index (χ3n) is 11.9. The first-order chi connectivity index (χ1) is 32.0. The first kappa shape index (κ1) is 41.5. The van der Waals surface area contributed by atoms with E-state index in [0.717, 1.165) is 44.4 Å². The normalized spacial score (nSPS) is 12.5. The van der Waals surface area contributed by atoms with Gasteiger partial charge in [0.15, 0.2) is 0 Å². The minimum Gasteiger partial charge on any atom is -0.501 e. The van der Waals surface area contributed by atoms with Gasteiger partial charge in [-0.05, 0) is 93.7 Å². The number of imidazole rings is 1. The second-order valence-corrected chi connectivity index (χ2v) is 23.1. The number of halogens is 1. The summed E-state index contributed by atoms with van der Waals surface area (Å²) in [7, 11) is -1.52. The van der Waals surface area contributed by atoms with E-state index in [9.17, 15) is 4.39 Å². The summed E-state index contributed by atoms with van der Waals surface area (Å²) in [5.41, 5.74) is 14.7. The van der Waals surface area contributed by atoms with Gasteiger partial charge in [-0.2, -0.15) is 0 Å². The SMILES string of the molecule is CC(C)c1cc(-c2ccc(-c3ccccc3)cc2)cc(C(C)C)c1-n1c(-c2[c-]ccc3c2oc2cc([Si](C)(C)C)ccc23)nc2ccccc21.[2H]C([2H])([2H])c1ccc(-c2[c-]cc(F)cc2)nc1.[Ir]. The fraction of sp³-hybridized carbons (Fsp3) is 0.172. The Hall–Kier alpha value is -6.24. The number of rotatable bonds is 8. The predicted octanol–water partition coefficient (Wildman–Crippen LogP) is 15.5. The number of aromatic nitrogens is 3. The van der Waals surface area contributed by atoms with Crippen molar-refractivity contribution in [2.45, 2.75) is 66.0 Å². The van der Waals surface area contributed by atoms with Gasteiger partial charge >= 0.3 is 0 Å². The summed E-state index contributed by atoms with van der Waals surface area (Å²) in [6, 6.07) is 57.3. The number of pyridine rings is 1. The first-order valence-electron chi connectivity index (χ1n) is 23.4. The van der Waals surface area contributed by atoms with Crippen molar-refractivity contribution in [3.63, 3.8) is 0 Å². The van der Waals surface area contributed by atoms with E-state index in [2.05, 4.69) is 184 Å². The second-order valence-electron chi connectivity index (χ2n) is 18.0. The van der Waals surface area contributed by atoms with Gasteiger partial charge in [-0.3, -0.25) is 9.37 Å². The van der Waals surface area contributed by atoms with E-state index in [1.165, 1.54) is 68.7 Å². The zero-order valence-electron chi connectivity index (χ0n) is 40.6. The van der Waals surface area contributed by atoms with E-state index >= 15 is 0 Å². The number of fused-ring (bicyclic) bond motifs is 4. The molecule has 0 N–H and O–H groups in total. The summed E-state index contributed by atoms with van der Waals surface area (Å²) < 4.78 is 43.5. The third kappa shape index (κ3) is 9.19. The number of para-hydroxylation sites is 2. The van der Waals surface area contributed by atoms with Crippen LogP contribution in [0.3, 0.4) is 0 Å². The fourth-order valence-electron chi connectivity index (χ4n) is 8.38. The van der Waals surface area contributed by atoms with Crippen LogP contribution in [0.4, 0.5) is 4.39 Å². The molecule has 10 rings (SSSR count). The van der Waals surface area contributed by atoms with Gasteiger partial charge < -0.3 is 14.0 Å². The summed E-state index contributed by atoms with van der Waals surface area (Å²) in [4.78, 5) is 9.37. The minimum atomic E-state index is -2.15. The zero-order valence-corrected chi connectivity index (χ0v) is 41.0. The molecule has 1 radical (unpaired) electrons. The quantitative estimate of drug-likeness (QED) is 0.113. The van der Waals surface area contributed by atoms with Crippen molar-refractivity contribution in [3.05, 3.63) is 192 Å². The van der Waals surface area contributed by atoms with Crippen molar-refractivity contribution >= 4 is 46.2 Å². The maximum atomic E-state index is 12.7. The summed E-state index contributed by atoms with van der Waals surface area (Å²) in [5, 5.41) is 3.62. The average molecular weight is 1050 g/mol. The van der Waals surface area contributed by atoms with Crippen LogP contribution in [0.1, 0.15) is 60.3 Å². The van der Waals surface area contributed by atoms with E-state index < -0.39 is 14.9 Å². The summed E-state index contributed by atoms with van der Waals surface area (Å²) in [5.74, 6) is 1.02. The molecule has 0 aliphatic heterocycles. The maximum Gasteiger partial charge on any atom is 0.120 e. The number of hydrogen-bond donors (Lipinski definition) is 0. The average Bonchev–Trinajstić information content (AvgIpc) is 3.90. The zero-order chi connectivity index (χ0) is 47.2. The van der Waals surface area contributed by atoms with Crippen LogP contribution in [-0.2, 0) is 20.1 Å². The molecule has 0 spiro atoms. The molecule has 0 saturated heterocycles. The van der Waals surface area contributed by atoms with Crippen LogP contribution in [0.5, 0.6) is 0 Å². The molecule has 0 fully saturated rings. The van der Waals surface area contributed by atoms with E-state index in [0.29, 0.717) is 11.3 Å². The van der Waals surface area contributed by atoms with E-state index in [-0.39, 0.29) is 43.3 Å². The number of nitrogens with zero attached hydrogens (tertiary/aromatic N) is 3. The molecule has 7 heteroatoms. The van der Waals surface area contributed by atoms with Gasteiger partial charge in [-0.15, -0.1) is 48.0 Å². The smallest absolute Gasteiger partial charge is 0.120 e. The Morgan fingerprint density at radius 3 is 2.00 bits per heavy atom. The Bertz CT molecular complexity index is 3350. The van der Waals surface area contributed by atoms with Crippen molar-refractivity contribution in [2.75, 3.05) is 0 Å². The van der Waals surface area contributed by atoms with Crippen LogP contribution in [0.2, 0.25) is 19.6 Å². The number of hydrogen-bond acceptors (Lipinski definition) is 3. The number of furan rings is 1. The molecule has 0 bridgehead atoms. The van der Waals surface area contributed by atoms with Crippen molar-refractivity contribution in [3.8, 4) is 50.6 Å². The molecule has 0 saturated carbocycles. The van der Waals surface area contributed by atoms with Gasteiger partial charge in [-0.25, -0.2) is 0 Å². The molecule has 7 aromatic carbocycles. The molecule has 0 amide bonds. The van der Waals surface area contributed by atoms with E-state index in [1.54, 1.807) is 12.1 Å². The standard InChI is InChI=1S/C46H43N2OSi.C12H9FN.Ir/c1-29(2)39-26-34(33-22-20-32(21-23-33)31-14-9-8-10-15-31)27-40(30(3)4)44(39)48-42-19-12-11-18-41(42)47-46(48)38-17-13-16-37-36-25-24-35(50(5,6)7)28-43(36)49-45(37)38;1-9-2-7-12(14-8-9)10-3-5-11(13)6-4-10;/h8-16,18-30H,1-7H3;2-3,5-8H,1H3;/q2*-1;/i;1D3;. The van der Waals surface area contributed by atoms with Crippen LogP contribution in [0.25, 0.3) is 83.6 Å². The molecule has 4 nitrogen and oxygen atoms in total. The Balaban J connectivity index is 0.000000293. The van der Waals surface area contributed by atoms with Gasteiger partial charge in [0.25, 0.3) is 0 Å². The largest absolute Gasteiger partial charge is 0.501 e. The molecule has 327 valence electrons. The van der Waals surface area contributed by atoms with E-state index in [4.69, 9.17) is 13.5 Å². The molecular formula is C58H52FIrN3OSi-2.